The third kappa shape index (κ3) is 2.00. The molecule has 0 spiro atoms. The highest BCUT2D eigenvalue weighted by Gasteiger charge is 2.13. The van der Waals surface area contributed by atoms with Crippen molar-refractivity contribution < 1.29 is 0 Å². The van der Waals surface area contributed by atoms with Crippen LogP contribution in [-0.4, -0.2) is 14.5 Å². The quantitative estimate of drug-likeness (QED) is 0.730. The van der Waals surface area contributed by atoms with Crippen LogP contribution in [0.3, 0.4) is 0 Å². The first-order chi connectivity index (χ1) is 9.31. The molecule has 0 radical (unpaired) electrons. The van der Waals surface area contributed by atoms with Crippen molar-refractivity contribution in [1.29, 1.82) is 5.26 Å². The number of hydrogen-bond acceptors (Lipinski definition) is 3. The Morgan fingerprint density at radius 3 is 2.89 bits per heavy atom. The van der Waals surface area contributed by atoms with E-state index in [1.54, 1.807) is 12.4 Å². The van der Waals surface area contributed by atoms with Crippen molar-refractivity contribution in [3.63, 3.8) is 0 Å². The van der Waals surface area contributed by atoms with Gasteiger partial charge in [0.05, 0.1) is 33.7 Å². The van der Waals surface area contributed by atoms with Crippen LogP contribution in [0.2, 0.25) is 0 Å². The van der Waals surface area contributed by atoms with E-state index in [9.17, 15) is 0 Å². The molecule has 0 fully saturated rings. The number of rotatable bonds is 2. The van der Waals surface area contributed by atoms with Gasteiger partial charge in [-0.3, -0.25) is 9.55 Å². The fourth-order valence-electron chi connectivity index (χ4n) is 2.08. The molecule has 5 heteroatoms. The zero-order chi connectivity index (χ0) is 13.2. The van der Waals surface area contributed by atoms with E-state index in [0.717, 1.165) is 27.0 Å². The molecular weight excluding hydrogens is 304 g/mol. The summed E-state index contributed by atoms with van der Waals surface area (Å²) in [5.74, 6) is 0.732. The predicted molar refractivity (Wildman–Crippen MR) is 75.9 cm³/mol. The molecule has 3 aromatic rings. The first-order valence-corrected chi connectivity index (χ1v) is 6.54. The number of fused-ring (bicyclic) bond motifs is 1. The number of nitriles is 1. The summed E-state index contributed by atoms with van der Waals surface area (Å²) in [5.41, 5.74) is 2.81. The summed E-state index contributed by atoms with van der Waals surface area (Å²) in [6.45, 7) is 0. The van der Waals surface area contributed by atoms with Gasteiger partial charge in [-0.25, -0.2) is 4.98 Å². The van der Waals surface area contributed by atoms with Gasteiger partial charge < -0.3 is 0 Å². The highest BCUT2D eigenvalue weighted by molar-refractivity contribution is 9.10. The number of nitrogens with zero attached hydrogens (tertiary/aromatic N) is 4. The molecule has 0 N–H and O–H groups in total. The molecule has 2 aromatic heterocycles. The normalized spacial score (nSPS) is 10.5. The molecule has 92 valence electrons. The fraction of sp³-hybridized carbons (Fsp3) is 0.0714. The van der Waals surface area contributed by atoms with E-state index in [1.807, 2.05) is 34.9 Å². The first-order valence-electron chi connectivity index (χ1n) is 5.74. The Hall–Kier alpha value is -2.19. The van der Waals surface area contributed by atoms with Crippen molar-refractivity contribution in [2.24, 2.45) is 0 Å². The first kappa shape index (κ1) is 11.9. The van der Waals surface area contributed by atoms with Crippen LogP contribution in [0, 0.1) is 11.3 Å². The number of para-hydroxylation sites is 2. The summed E-state index contributed by atoms with van der Waals surface area (Å²) in [7, 11) is 0. The minimum atomic E-state index is 0.267. The molecule has 19 heavy (non-hydrogen) atoms. The Morgan fingerprint density at radius 1 is 1.26 bits per heavy atom. The molecule has 0 atom stereocenters. The van der Waals surface area contributed by atoms with Crippen LogP contribution in [0.15, 0.2) is 47.2 Å². The van der Waals surface area contributed by atoms with Crippen LogP contribution in [-0.2, 0) is 6.42 Å². The van der Waals surface area contributed by atoms with Gasteiger partial charge >= 0.3 is 0 Å². The van der Waals surface area contributed by atoms with Crippen LogP contribution in [0.25, 0.3) is 16.7 Å². The third-order valence-corrected chi connectivity index (χ3v) is 3.47. The van der Waals surface area contributed by atoms with Crippen LogP contribution < -0.4 is 0 Å². The average Bonchev–Trinajstić information content (AvgIpc) is 2.78. The lowest BCUT2D eigenvalue weighted by Crippen LogP contribution is -2.01. The second-order valence-electron chi connectivity index (χ2n) is 4.01. The fourth-order valence-corrected chi connectivity index (χ4v) is 2.51. The Morgan fingerprint density at radius 2 is 2.11 bits per heavy atom. The molecule has 0 aliphatic heterocycles. The van der Waals surface area contributed by atoms with Gasteiger partial charge in [0.1, 0.15) is 5.82 Å². The molecule has 1 aromatic carbocycles. The topological polar surface area (TPSA) is 54.5 Å². The standard InChI is InChI=1S/C14H9BrN4/c15-10-9-17-8-6-12(10)19-13-4-2-1-3-11(13)18-14(19)5-7-16/h1-4,6,8-9H,5H2. The minimum Gasteiger partial charge on any atom is -0.294 e. The highest BCUT2D eigenvalue weighted by atomic mass is 79.9. The van der Waals surface area contributed by atoms with E-state index < -0.39 is 0 Å². The zero-order valence-electron chi connectivity index (χ0n) is 9.92. The van der Waals surface area contributed by atoms with Crippen LogP contribution in [0.1, 0.15) is 5.82 Å². The van der Waals surface area contributed by atoms with Gasteiger partial charge in [0, 0.05) is 12.4 Å². The number of halogens is 1. The molecule has 0 saturated carbocycles. The molecule has 3 rings (SSSR count). The van der Waals surface area contributed by atoms with Crippen molar-refractivity contribution >= 4 is 27.0 Å². The van der Waals surface area contributed by atoms with Crippen molar-refractivity contribution in [3.8, 4) is 11.8 Å². The van der Waals surface area contributed by atoms with Gasteiger partial charge in [0.15, 0.2) is 0 Å². The maximum absolute atomic E-state index is 8.96. The lowest BCUT2D eigenvalue weighted by Gasteiger charge is -2.09. The molecule has 0 unspecified atom stereocenters. The molecule has 4 nitrogen and oxygen atoms in total. The van der Waals surface area contributed by atoms with E-state index in [0.29, 0.717) is 0 Å². The van der Waals surface area contributed by atoms with Crippen LogP contribution in [0.5, 0.6) is 0 Å². The van der Waals surface area contributed by atoms with Crippen molar-refractivity contribution in [2.45, 2.75) is 6.42 Å². The number of aromatic nitrogens is 3. The largest absolute Gasteiger partial charge is 0.294 e. The maximum atomic E-state index is 8.96. The molecule has 0 amide bonds. The Balaban J connectivity index is 2.35. The van der Waals surface area contributed by atoms with Crippen LogP contribution in [0.4, 0.5) is 0 Å². The Bertz CT molecular complexity index is 785. The smallest absolute Gasteiger partial charge is 0.128 e. The number of benzene rings is 1. The summed E-state index contributed by atoms with van der Waals surface area (Å²) in [4.78, 5) is 8.58. The van der Waals surface area contributed by atoms with Gasteiger partial charge in [-0.1, -0.05) is 12.1 Å². The SMILES string of the molecule is N#CCc1nc2ccccc2n1-c1ccncc1Br. The Kier molecular flexibility index (Phi) is 3.02. The van der Waals surface area contributed by atoms with Crippen molar-refractivity contribution in [1.82, 2.24) is 14.5 Å². The van der Waals surface area contributed by atoms with E-state index in [4.69, 9.17) is 5.26 Å². The van der Waals surface area contributed by atoms with Gasteiger partial charge in [-0.05, 0) is 34.1 Å². The van der Waals surface area contributed by atoms with Crippen molar-refractivity contribution in [3.05, 3.63) is 53.0 Å². The molecule has 0 aliphatic carbocycles. The second kappa shape index (κ2) is 4.82. The monoisotopic (exact) mass is 312 g/mol. The maximum Gasteiger partial charge on any atom is 0.128 e. The number of pyridine rings is 1. The van der Waals surface area contributed by atoms with Gasteiger partial charge in [-0.15, -0.1) is 0 Å². The molecule has 0 saturated heterocycles. The zero-order valence-corrected chi connectivity index (χ0v) is 11.5. The Labute approximate surface area is 118 Å². The average molecular weight is 313 g/mol. The van der Waals surface area contributed by atoms with E-state index >= 15 is 0 Å². The second-order valence-corrected chi connectivity index (χ2v) is 4.87. The summed E-state index contributed by atoms with van der Waals surface area (Å²) in [5, 5.41) is 8.96. The third-order valence-electron chi connectivity index (χ3n) is 2.86. The van der Waals surface area contributed by atoms with E-state index in [2.05, 4.69) is 32.0 Å². The molecule has 2 heterocycles. The van der Waals surface area contributed by atoms with Crippen molar-refractivity contribution in [2.75, 3.05) is 0 Å². The summed E-state index contributed by atoms with van der Waals surface area (Å²) >= 11 is 3.49. The highest BCUT2D eigenvalue weighted by Crippen LogP contribution is 2.26. The van der Waals surface area contributed by atoms with E-state index in [1.165, 1.54) is 0 Å². The lowest BCUT2D eigenvalue weighted by molar-refractivity contribution is 0.946. The van der Waals surface area contributed by atoms with Gasteiger partial charge in [-0.2, -0.15) is 5.26 Å². The lowest BCUT2D eigenvalue weighted by atomic mass is 10.3. The summed E-state index contributed by atoms with van der Waals surface area (Å²) < 4.78 is 2.86. The number of hydrogen-bond donors (Lipinski definition) is 0. The molecule has 0 bridgehead atoms. The van der Waals surface area contributed by atoms with E-state index in [-0.39, 0.29) is 6.42 Å². The van der Waals surface area contributed by atoms with Gasteiger partial charge in [0.2, 0.25) is 0 Å². The predicted octanol–water partition coefficient (Wildman–Crippen LogP) is 3.25. The van der Waals surface area contributed by atoms with Gasteiger partial charge in [0.25, 0.3) is 0 Å². The summed E-state index contributed by atoms with van der Waals surface area (Å²) in [6.07, 6.45) is 3.73. The van der Waals surface area contributed by atoms with Crippen LogP contribution >= 0.6 is 15.9 Å². The molecule has 0 aliphatic rings. The summed E-state index contributed by atoms with van der Waals surface area (Å²) in [6, 6.07) is 11.9. The number of imidazole rings is 1. The molecular formula is C14H9BrN4. The minimum absolute atomic E-state index is 0.267.